The van der Waals surface area contributed by atoms with Gasteiger partial charge in [0.2, 0.25) is 0 Å². The van der Waals surface area contributed by atoms with Crippen LogP contribution in [0.3, 0.4) is 0 Å². The first-order valence-electron chi connectivity index (χ1n) is 12.3. The Hall–Kier alpha value is -4.08. The SMILES string of the molecule is [CH-]=C/C(Cc1c(C(F)(F)F)c2ccccc2n(C)c1=O)=C(\C(=[CH-])C[C@H](NC(=O)c1c(C)cccc1F)C(=O)O)C(F)(F)F.[Li+]. The number of halogens is 7. The molecule has 14 heteroatoms. The molecule has 0 bridgehead atoms. The Morgan fingerprint density at radius 2 is 1.68 bits per heavy atom. The van der Waals surface area contributed by atoms with Crippen LogP contribution in [-0.4, -0.2) is 33.8 Å². The predicted octanol–water partition coefficient (Wildman–Crippen LogP) is 3.03. The smallest absolute Gasteiger partial charge is 0.480 e. The van der Waals surface area contributed by atoms with E-state index in [1.54, 1.807) is 0 Å². The van der Waals surface area contributed by atoms with E-state index in [0.717, 1.165) is 23.7 Å². The Labute approximate surface area is 258 Å². The number of carbonyl (C=O) groups is 2. The van der Waals surface area contributed by atoms with E-state index in [2.05, 4.69) is 0 Å². The molecule has 0 radical (unpaired) electrons. The number of hydrogen-bond donors (Lipinski definition) is 2. The van der Waals surface area contributed by atoms with Gasteiger partial charge in [-0.1, -0.05) is 36.8 Å². The number of carbonyl (C=O) groups excluding carboxylic acids is 1. The van der Waals surface area contributed by atoms with Gasteiger partial charge in [0.25, 0.3) is 11.5 Å². The van der Waals surface area contributed by atoms with Crippen molar-refractivity contribution in [3.8, 4) is 0 Å². The third-order valence-corrected chi connectivity index (χ3v) is 6.65. The molecule has 3 rings (SSSR count). The molecule has 1 aromatic heterocycles. The van der Waals surface area contributed by atoms with Crippen molar-refractivity contribution in [2.24, 2.45) is 7.05 Å². The Bertz CT molecular complexity index is 1700. The molecule has 0 unspecified atom stereocenters. The van der Waals surface area contributed by atoms with Crippen molar-refractivity contribution in [2.45, 2.75) is 38.2 Å². The Morgan fingerprint density at radius 3 is 2.20 bits per heavy atom. The minimum absolute atomic E-state index is 0. The van der Waals surface area contributed by atoms with E-state index in [1.165, 1.54) is 37.3 Å². The van der Waals surface area contributed by atoms with Gasteiger partial charge >= 0.3 is 37.2 Å². The van der Waals surface area contributed by atoms with Gasteiger partial charge in [0, 0.05) is 18.0 Å². The van der Waals surface area contributed by atoms with E-state index in [1.807, 2.05) is 5.32 Å². The third kappa shape index (κ3) is 7.52. The first kappa shape index (κ1) is 36.1. The monoisotopic (exact) mass is 615 g/mol. The van der Waals surface area contributed by atoms with E-state index in [0.29, 0.717) is 6.08 Å². The van der Waals surface area contributed by atoms with E-state index < -0.39 is 93.3 Å². The van der Waals surface area contributed by atoms with Gasteiger partial charge in [0.15, 0.2) is 0 Å². The molecule has 6 nitrogen and oxygen atoms in total. The number of rotatable bonds is 9. The molecule has 2 N–H and O–H groups in total. The van der Waals surface area contributed by atoms with Gasteiger partial charge in [0.1, 0.15) is 11.9 Å². The van der Waals surface area contributed by atoms with Crippen LogP contribution >= 0.6 is 0 Å². The fourth-order valence-electron chi connectivity index (χ4n) is 4.71. The van der Waals surface area contributed by atoms with E-state index in [-0.39, 0.29) is 29.9 Å². The molecule has 2 aromatic carbocycles. The number of amides is 1. The molecule has 0 aliphatic carbocycles. The van der Waals surface area contributed by atoms with Crippen LogP contribution in [0.5, 0.6) is 0 Å². The van der Waals surface area contributed by atoms with E-state index in [9.17, 15) is 50.2 Å². The number of pyridine rings is 1. The molecule has 0 saturated carbocycles. The zero-order valence-electron chi connectivity index (χ0n) is 23.5. The zero-order chi connectivity index (χ0) is 32.4. The molecule has 1 atom stereocenters. The Kier molecular flexibility index (Phi) is 11.2. The quantitative estimate of drug-likeness (QED) is 0.168. The maximum atomic E-state index is 14.3. The van der Waals surface area contributed by atoms with Crippen molar-refractivity contribution >= 4 is 22.8 Å². The summed E-state index contributed by atoms with van der Waals surface area (Å²) in [6, 6.07) is 6.34. The molecule has 1 heterocycles. The van der Waals surface area contributed by atoms with Crippen LogP contribution in [0.25, 0.3) is 10.9 Å². The molecular formula is C30H23F7LiN2O4-. The average molecular weight is 615 g/mol. The summed E-state index contributed by atoms with van der Waals surface area (Å²) in [5.74, 6) is -4.12. The van der Waals surface area contributed by atoms with Crippen molar-refractivity contribution < 1.29 is 64.3 Å². The van der Waals surface area contributed by atoms with E-state index >= 15 is 0 Å². The van der Waals surface area contributed by atoms with Gasteiger partial charge in [-0.15, -0.1) is 0 Å². The van der Waals surface area contributed by atoms with Crippen LogP contribution in [0, 0.1) is 25.9 Å². The van der Waals surface area contributed by atoms with Crippen LogP contribution in [0.4, 0.5) is 30.7 Å². The summed E-state index contributed by atoms with van der Waals surface area (Å²) in [5, 5.41) is 11.0. The van der Waals surface area contributed by atoms with Gasteiger partial charge < -0.3 is 15.0 Å². The van der Waals surface area contributed by atoms with Gasteiger partial charge in [0.05, 0.1) is 16.6 Å². The van der Waals surface area contributed by atoms with Crippen molar-refractivity contribution in [2.75, 3.05) is 0 Å². The molecule has 3 aromatic rings. The number of nitrogens with one attached hydrogen (secondary N) is 1. The number of fused-ring (bicyclic) bond motifs is 1. The number of para-hydroxylation sites is 1. The topological polar surface area (TPSA) is 88.4 Å². The third-order valence-electron chi connectivity index (χ3n) is 6.65. The molecule has 228 valence electrons. The van der Waals surface area contributed by atoms with Gasteiger partial charge in [-0.05, 0) is 31.0 Å². The number of aliphatic carboxylic acids is 1. The largest absolute Gasteiger partial charge is 1.00 e. The zero-order valence-corrected chi connectivity index (χ0v) is 23.5. The molecule has 0 aliphatic rings. The van der Waals surface area contributed by atoms with Crippen LogP contribution in [0.15, 0.2) is 70.1 Å². The maximum Gasteiger partial charge on any atom is 1.00 e. The van der Waals surface area contributed by atoms with Crippen molar-refractivity contribution in [1.82, 2.24) is 9.88 Å². The number of allylic oxidation sites excluding steroid dienone is 3. The average Bonchev–Trinajstić information content (AvgIpc) is 2.89. The van der Waals surface area contributed by atoms with Crippen molar-refractivity contribution in [1.29, 1.82) is 0 Å². The number of nitrogens with zero attached hydrogens (tertiary/aromatic N) is 1. The number of alkyl halides is 6. The van der Waals surface area contributed by atoms with Crippen LogP contribution in [-0.2, 0) is 24.4 Å². The molecule has 0 spiro atoms. The summed E-state index contributed by atoms with van der Waals surface area (Å²) in [4.78, 5) is 37.5. The number of carboxylic acids is 1. The first-order valence-corrected chi connectivity index (χ1v) is 12.3. The summed E-state index contributed by atoms with van der Waals surface area (Å²) in [5.41, 5.74) is -8.41. The summed E-state index contributed by atoms with van der Waals surface area (Å²) >= 11 is 0. The van der Waals surface area contributed by atoms with Crippen LogP contribution < -0.4 is 29.7 Å². The van der Waals surface area contributed by atoms with Gasteiger partial charge in [-0.25, -0.2) is 14.8 Å². The second kappa shape index (κ2) is 13.7. The molecule has 0 fully saturated rings. The number of aryl methyl sites for hydroxylation is 2. The molecule has 0 saturated heterocycles. The summed E-state index contributed by atoms with van der Waals surface area (Å²) in [6.45, 7) is 12.5. The molecule has 44 heavy (non-hydrogen) atoms. The Morgan fingerprint density at radius 1 is 1.07 bits per heavy atom. The first-order chi connectivity index (χ1) is 19.9. The minimum atomic E-state index is -5.40. The van der Waals surface area contributed by atoms with Crippen molar-refractivity contribution in [3.63, 3.8) is 0 Å². The van der Waals surface area contributed by atoms with Gasteiger partial charge in [-0.3, -0.25) is 34.4 Å². The minimum Gasteiger partial charge on any atom is -0.480 e. The van der Waals surface area contributed by atoms with Crippen LogP contribution in [0.2, 0.25) is 0 Å². The number of benzene rings is 2. The van der Waals surface area contributed by atoms with Gasteiger partial charge in [-0.2, -0.15) is 31.9 Å². The van der Waals surface area contributed by atoms with Crippen molar-refractivity contribution in [3.05, 3.63) is 117 Å². The molecule has 0 aliphatic heterocycles. The second-order valence-corrected chi connectivity index (χ2v) is 9.50. The fraction of sp³-hybridized carbons (Fsp3) is 0.233. The molecular weight excluding hydrogens is 592 g/mol. The summed E-state index contributed by atoms with van der Waals surface area (Å²) in [7, 11) is 1.15. The molecule has 1 amide bonds. The number of hydrogen-bond acceptors (Lipinski definition) is 3. The van der Waals surface area contributed by atoms with E-state index in [4.69, 9.17) is 13.2 Å². The number of carboxylic acid groups (broad SMARTS) is 1. The predicted molar refractivity (Wildman–Crippen MR) is 142 cm³/mol. The maximum absolute atomic E-state index is 14.3. The summed E-state index contributed by atoms with van der Waals surface area (Å²) < 4.78 is 101. The fourth-order valence-corrected chi connectivity index (χ4v) is 4.71. The van der Waals surface area contributed by atoms with Crippen LogP contribution in [0.1, 0.15) is 33.5 Å². The summed E-state index contributed by atoms with van der Waals surface area (Å²) in [6.07, 6.45) is -12.7. The standard InChI is InChI=1S/C30H23F7N2O4.Li/c1-5-17(14-19-25(30(35,36)37)18-10-6-7-12-22(18)39(4)27(19)41)24(29(32,33)34)16(3)13-21(28(42)43)38-26(40)23-15(2)9-8-11-20(23)31;/h1,3,5-12,21H,13-14H2,2,4H3,(H,38,40)(H,42,43);/q-2;+1/b24-17-;/t21-;/m0./s1. The normalized spacial score (nSPS) is 13.0. The Balaban J connectivity index is 0.00000675. The second-order valence-electron chi connectivity index (χ2n) is 9.50. The number of aromatic nitrogens is 1.